The summed E-state index contributed by atoms with van der Waals surface area (Å²) in [5.41, 5.74) is 0.988. The molecule has 1 saturated heterocycles. The van der Waals surface area contributed by atoms with Gasteiger partial charge >= 0.3 is 0 Å². The van der Waals surface area contributed by atoms with Crippen LogP contribution in [0.3, 0.4) is 0 Å². The van der Waals surface area contributed by atoms with Gasteiger partial charge in [-0.15, -0.1) is 0 Å². The third-order valence-corrected chi connectivity index (χ3v) is 3.29. The number of piperidine rings is 1. The predicted octanol–water partition coefficient (Wildman–Crippen LogP) is 1.63. The van der Waals surface area contributed by atoms with Crippen molar-refractivity contribution < 1.29 is 0 Å². The molecular weight excluding hydrogens is 228 g/mol. The number of nitrogens with zero attached hydrogens (tertiary/aromatic N) is 5. The summed E-state index contributed by atoms with van der Waals surface area (Å²) in [6.45, 7) is 2.95. The molecule has 0 radical (unpaired) electrons. The molecule has 0 bridgehead atoms. The largest absolute Gasteiger partial charge is 0.331 e. The van der Waals surface area contributed by atoms with E-state index in [1.54, 1.807) is 6.33 Å². The second-order valence-electron chi connectivity index (χ2n) is 4.57. The van der Waals surface area contributed by atoms with Crippen LogP contribution in [0.1, 0.15) is 36.8 Å². The molecule has 18 heavy (non-hydrogen) atoms. The van der Waals surface area contributed by atoms with Gasteiger partial charge in [-0.05, 0) is 32.3 Å². The highest BCUT2D eigenvalue weighted by Gasteiger charge is 2.27. The van der Waals surface area contributed by atoms with E-state index in [0.29, 0.717) is 0 Å². The summed E-state index contributed by atoms with van der Waals surface area (Å²) in [7, 11) is 0. The Balaban J connectivity index is 1.93. The SMILES string of the molecule is Cc1ccnc(N2CCCC[C@H]2c2ncn[nH]2)n1. The summed E-state index contributed by atoms with van der Waals surface area (Å²) in [6, 6.07) is 2.12. The molecule has 0 spiro atoms. The first kappa shape index (κ1) is 11.1. The lowest BCUT2D eigenvalue weighted by Crippen LogP contribution is -2.35. The summed E-state index contributed by atoms with van der Waals surface area (Å²) in [6.07, 6.45) is 6.80. The van der Waals surface area contributed by atoms with Crippen molar-refractivity contribution in [2.45, 2.75) is 32.2 Å². The Hall–Kier alpha value is -1.98. The Labute approximate surface area is 105 Å². The van der Waals surface area contributed by atoms with Crippen LogP contribution < -0.4 is 4.90 Å². The average molecular weight is 244 g/mol. The van der Waals surface area contributed by atoms with Crippen LogP contribution in [0.4, 0.5) is 5.95 Å². The van der Waals surface area contributed by atoms with Gasteiger partial charge in [0, 0.05) is 18.4 Å². The van der Waals surface area contributed by atoms with Gasteiger partial charge in [0.1, 0.15) is 12.2 Å². The minimum atomic E-state index is 0.211. The molecule has 6 nitrogen and oxygen atoms in total. The molecule has 0 aliphatic carbocycles. The van der Waals surface area contributed by atoms with Crippen LogP contribution in [0.15, 0.2) is 18.6 Å². The molecule has 1 aliphatic rings. The van der Waals surface area contributed by atoms with E-state index in [0.717, 1.165) is 30.4 Å². The molecule has 94 valence electrons. The van der Waals surface area contributed by atoms with E-state index in [2.05, 4.69) is 30.0 Å². The number of nitrogens with one attached hydrogen (secondary N) is 1. The van der Waals surface area contributed by atoms with E-state index >= 15 is 0 Å². The van der Waals surface area contributed by atoms with Crippen LogP contribution in [-0.4, -0.2) is 31.7 Å². The number of hydrogen-bond donors (Lipinski definition) is 1. The van der Waals surface area contributed by atoms with E-state index in [1.165, 1.54) is 12.8 Å². The summed E-state index contributed by atoms with van der Waals surface area (Å²) in [5, 5.41) is 6.90. The third kappa shape index (κ3) is 2.05. The molecule has 0 unspecified atom stereocenters. The smallest absolute Gasteiger partial charge is 0.226 e. The quantitative estimate of drug-likeness (QED) is 0.869. The molecule has 2 aromatic heterocycles. The average Bonchev–Trinajstić information content (AvgIpc) is 2.92. The fraction of sp³-hybridized carbons (Fsp3) is 0.500. The zero-order valence-corrected chi connectivity index (χ0v) is 10.4. The number of aryl methyl sites for hydroxylation is 1. The number of H-pyrrole nitrogens is 1. The zero-order chi connectivity index (χ0) is 12.4. The highest BCUT2D eigenvalue weighted by molar-refractivity contribution is 5.34. The maximum atomic E-state index is 4.51. The van der Waals surface area contributed by atoms with E-state index in [1.807, 2.05) is 19.2 Å². The summed E-state index contributed by atoms with van der Waals surface area (Å²) in [5.74, 6) is 1.69. The molecule has 6 heteroatoms. The lowest BCUT2D eigenvalue weighted by molar-refractivity contribution is 0.450. The van der Waals surface area contributed by atoms with Crippen LogP contribution >= 0.6 is 0 Å². The molecule has 0 saturated carbocycles. The monoisotopic (exact) mass is 244 g/mol. The van der Waals surface area contributed by atoms with Gasteiger partial charge in [-0.1, -0.05) is 0 Å². The minimum Gasteiger partial charge on any atom is -0.331 e. The highest BCUT2D eigenvalue weighted by atomic mass is 15.3. The maximum Gasteiger partial charge on any atom is 0.226 e. The first-order valence-electron chi connectivity index (χ1n) is 6.26. The van der Waals surface area contributed by atoms with Crippen molar-refractivity contribution in [3.8, 4) is 0 Å². The first-order valence-corrected chi connectivity index (χ1v) is 6.26. The van der Waals surface area contributed by atoms with Gasteiger partial charge < -0.3 is 4.90 Å². The molecular formula is C12H16N6. The van der Waals surface area contributed by atoms with Gasteiger partial charge in [-0.3, -0.25) is 5.10 Å². The van der Waals surface area contributed by atoms with Crippen LogP contribution in [0.5, 0.6) is 0 Å². The molecule has 0 amide bonds. The molecule has 0 aromatic carbocycles. The van der Waals surface area contributed by atoms with Crippen molar-refractivity contribution >= 4 is 5.95 Å². The topological polar surface area (TPSA) is 70.6 Å². The fourth-order valence-corrected chi connectivity index (χ4v) is 2.40. The van der Waals surface area contributed by atoms with Gasteiger partial charge in [-0.25, -0.2) is 15.0 Å². The summed E-state index contributed by atoms with van der Waals surface area (Å²) in [4.78, 5) is 15.4. The zero-order valence-electron chi connectivity index (χ0n) is 10.4. The molecule has 1 N–H and O–H groups in total. The van der Waals surface area contributed by atoms with Gasteiger partial charge in [0.15, 0.2) is 0 Å². The highest BCUT2D eigenvalue weighted by Crippen LogP contribution is 2.31. The van der Waals surface area contributed by atoms with Gasteiger partial charge in [0.25, 0.3) is 0 Å². The van der Waals surface area contributed by atoms with Crippen molar-refractivity contribution in [1.29, 1.82) is 0 Å². The molecule has 2 aromatic rings. The number of aromatic amines is 1. The Bertz CT molecular complexity index is 509. The van der Waals surface area contributed by atoms with Crippen molar-refractivity contribution in [2.75, 3.05) is 11.4 Å². The van der Waals surface area contributed by atoms with Gasteiger partial charge in [0.05, 0.1) is 6.04 Å². The van der Waals surface area contributed by atoms with E-state index in [9.17, 15) is 0 Å². The summed E-state index contributed by atoms with van der Waals surface area (Å²) >= 11 is 0. The Kier molecular flexibility index (Phi) is 2.92. The minimum absolute atomic E-state index is 0.211. The van der Waals surface area contributed by atoms with Crippen LogP contribution in [0, 0.1) is 6.92 Å². The standard InChI is InChI=1S/C12H16N6/c1-9-5-6-13-12(16-9)18-7-3-2-4-10(18)11-14-8-15-17-11/h5-6,8,10H,2-4,7H2,1H3,(H,14,15,17)/t10-/m0/s1. The van der Waals surface area contributed by atoms with Crippen molar-refractivity contribution in [3.63, 3.8) is 0 Å². The van der Waals surface area contributed by atoms with Crippen LogP contribution in [0.2, 0.25) is 0 Å². The van der Waals surface area contributed by atoms with Crippen molar-refractivity contribution in [1.82, 2.24) is 25.1 Å². The third-order valence-electron chi connectivity index (χ3n) is 3.29. The number of aromatic nitrogens is 5. The van der Waals surface area contributed by atoms with Crippen molar-refractivity contribution in [2.24, 2.45) is 0 Å². The Morgan fingerprint density at radius 2 is 2.28 bits per heavy atom. The molecule has 3 heterocycles. The van der Waals surface area contributed by atoms with Crippen molar-refractivity contribution in [3.05, 3.63) is 30.1 Å². The maximum absolute atomic E-state index is 4.51. The number of rotatable bonds is 2. The number of hydrogen-bond acceptors (Lipinski definition) is 5. The molecule has 1 fully saturated rings. The van der Waals surface area contributed by atoms with Crippen LogP contribution in [-0.2, 0) is 0 Å². The van der Waals surface area contributed by atoms with E-state index in [4.69, 9.17) is 0 Å². The lowest BCUT2D eigenvalue weighted by Gasteiger charge is -2.34. The Morgan fingerprint density at radius 3 is 3.06 bits per heavy atom. The van der Waals surface area contributed by atoms with Crippen LogP contribution in [0.25, 0.3) is 0 Å². The lowest BCUT2D eigenvalue weighted by atomic mass is 10.0. The molecule has 3 rings (SSSR count). The van der Waals surface area contributed by atoms with Gasteiger partial charge in [0.2, 0.25) is 5.95 Å². The molecule has 1 aliphatic heterocycles. The fourth-order valence-electron chi connectivity index (χ4n) is 2.40. The van der Waals surface area contributed by atoms with E-state index in [-0.39, 0.29) is 6.04 Å². The normalized spacial score (nSPS) is 20.1. The first-order chi connectivity index (χ1) is 8.84. The van der Waals surface area contributed by atoms with Gasteiger partial charge in [-0.2, -0.15) is 5.10 Å². The predicted molar refractivity (Wildman–Crippen MR) is 67.1 cm³/mol. The number of anilines is 1. The Morgan fingerprint density at radius 1 is 1.33 bits per heavy atom. The van der Waals surface area contributed by atoms with E-state index < -0.39 is 0 Å². The summed E-state index contributed by atoms with van der Waals surface area (Å²) < 4.78 is 0. The molecule has 1 atom stereocenters. The second kappa shape index (κ2) is 4.72. The second-order valence-corrected chi connectivity index (χ2v) is 4.57.